The number of benzene rings is 6. The predicted molar refractivity (Wildman–Crippen MR) is 197 cm³/mol. The monoisotopic (exact) mass is 591 g/mol. The van der Waals surface area contributed by atoms with Crippen LogP contribution in [0.2, 0.25) is 0 Å². The molecule has 1 spiro atoms. The first kappa shape index (κ1) is 29.5. The van der Waals surface area contributed by atoms with E-state index in [0.717, 1.165) is 0 Å². The number of para-hydroxylation sites is 2. The molecule has 0 radical (unpaired) electrons. The average molecular weight is 592 g/mol. The van der Waals surface area contributed by atoms with Crippen molar-refractivity contribution < 1.29 is 0 Å². The maximum absolute atomic E-state index is 4.60. The highest BCUT2D eigenvalue weighted by molar-refractivity contribution is 6.90. The van der Waals surface area contributed by atoms with Gasteiger partial charge < -0.3 is 4.81 Å². The molecular formula is C44H38BN. The Kier molecular flexibility index (Phi) is 7.42. The standard InChI is InChI=1S/C41H34BN.C3H4/c1-27-15-13-16-28(2)39(27)42(40-29(3)17-14-18-30(40)4)43-37-25-11-9-23-35(37)41(36-24-10-12-26-38(36)43)33-21-7-5-19-31(33)32-20-6-8-22-34(32)41;1-3-2/h5-26H,1-4H3;1H,2H3. The highest BCUT2D eigenvalue weighted by Crippen LogP contribution is 2.62. The highest BCUT2D eigenvalue weighted by Gasteiger charge is 2.52. The van der Waals surface area contributed by atoms with Crippen molar-refractivity contribution >= 4 is 29.1 Å². The molecule has 222 valence electrons. The molecule has 0 bridgehead atoms. The van der Waals surface area contributed by atoms with E-state index in [1.54, 1.807) is 6.92 Å². The predicted octanol–water partition coefficient (Wildman–Crippen LogP) is 9.18. The van der Waals surface area contributed by atoms with E-state index in [1.165, 1.54) is 77.9 Å². The van der Waals surface area contributed by atoms with Gasteiger partial charge in [0.15, 0.2) is 0 Å². The van der Waals surface area contributed by atoms with Crippen LogP contribution in [-0.4, -0.2) is 6.85 Å². The van der Waals surface area contributed by atoms with E-state index in [0.29, 0.717) is 0 Å². The molecule has 0 saturated heterocycles. The Bertz CT molecular complexity index is 1960. The molecule has 0 atom stereocenters. The molecule has 0 N–H and O–H groups in total. The lowest BCUT2D eigenvalue weighted by atomic mass is 9.44. The molecule has 0 aromatic heterocycles. The van der Waals surface area contributed by atoms with Gasteiger partial charge in [0, 0.05) is 11.4 Å². The number of fused-ring (bicyclic) bond motifs is 9. The molecule has 8 rings (SSSR count). The zero-order valence-electron chi connectivity index (χ0n) is 27.3. The first-order valence-electron chi connectivity index (χ1n) is 16.1. The summed E-state index contributed by atoms with van der Waals surface area (Å²) in [6, 6.07) is 49.9. The number of anilines is 2. The maximum atomic E-state index is 4.60. The molecule has 0 saturated carbocycles. The van der Waals surface area contributed by atoms with Gasteiger partial charge >= 0.3 is 6.85 Å². The largest absolute Gasteiger partial charge is 0.376 e. The highest BCUT2D eigenvalue weighted by atomic mass is 15.1. The fourth-order valence-corrected chi connectivity index (χ4v) is 8.29. The number of aryl methyl sites for hydroxylation is 4. The summed E-state index contributed by atoms with van der Waals surface area (Å²) in [5, 5.41) is 0. The molecule has 2 heteroatoms. The molecule has 2 aliphatic rings. The molecular weight excluding hydrogens is 553 g/mol. The van der Waals surface area contributed by atoms with Gasteiger partial charge in [0.05, 0.1) is 5.41 Å². The molecule has 1 aliphatic carbocycles. The lowest BCUT2D eigenvalue weighted by Crippen LogP contribution is -2.60. The second kappa shape index (κ2) is 11.6. The zero-order chi connectivity index (χ0) is 32.0. The lowest BCUT2D eigenvalue weighted by molar-refractivity contribution is 0.756. The third kappa shape index (κ3) is 4.19. The van der Waals surface area contributed by atoms with Gasteiger partial charge in [-0.2, -0.15) is 0 Å². The van der Waals surface area contributed by atoms with Crippen LogP contribution in [0.15, 0.2) is 133 Å². The lowest BCUT2D eigenvalue weighted by Gasteiger charge is -2.48. The third-order valence-corrected chi connectivity index (χ3v) is 9.98. The van der Waals surface area contributed by atoms with Crippen molar-refractivity contribution in [2.75, 3.05) is 4.81 Å². The molecule has 0 fully saturated rings. The number of terminal acetylenes is 1. The van der Waals surface area contributed by atoms with Crippen LogP contribution in [0.5, 0.6) is 0 Å². The van der Waals surface area contributed by atoms with Crippen LogP contribution in [0.4, 0.5) is 11.4 Å². The van der Waals surface area contributed by atoms with E-state index < -0.39 is 5.41 Å². The van der Waals surface area contributed by atoms with Gasteiger partial charge in [0.2, 0.25) is 0 Å². The Balaban J connectivity index is 0.00000109. The second-order valence-corrected chi connectivity index (χ2v) is 12.5. The fourth-order valence-electron chi connectivity index (χ4n) is 8.29. The van der Waals surface area contributed by atoms with Gasteiger partial charge in [-0.05, 0) is 91.1 Å². The summed E-state index contributed by atoms with van der Waals surface area (Å²) < 4.78 is 0. The van der Waals surface area contributed by atoms with E-state index in [-0.39, 0.29) is 6.85 Å². The van der Waals surface area contributed by atoms with Crippen molar-refractivity contribution in [3.8, 4) is 23.5 Å². The summed E-state index contributed by atoms with van der Waals surface area (Å²) in [4.78, 5) is 2.66. The molecule has 1 heterocycles. The number of hydrogen-bond donors (Lipinski definition) is 0. The summed E-state index contributed by atoms with van der Waals surface area (Å²) in [6.45, 7) is 10.8. The van der Waals surface area contributed by atoms with Crippen molar-refractivity contribution in [1.82, 2.24) is 0 Å². The number of nitrogens with zero attached hydrogens (tertiary/aromatic N) is 1. The Morgan fingerprint density at radius 1 is 0.478 bits per heavy atom. The normalized spacial score (nSPS) is 13.0. The van der Waals surface area contributed by atoms with Gasteiger partial charge in [0.25, 0.3) is 0 Å². The van der Waals surface area contributed by atoms with Crippen molar-refractivity contribution in [2.45, 2.75) is 40.0 Å². The van der Waals surface area contributed by atoms with E-state index in [4.69, 9.17) is 0 Å². The van der Waals surface area contributed by atoms with E-state index in [2.05, 4.69) is 178 Å². The van der Waals surface area contributed by atoms with Crippen LogP contribution < -0.4 is 15.7 Å². The minimum absolute atomic E-state index is 0.00828. The Morgan fingerprint density at radius 3 is 1.20 bits per heavy atom. The van der Waals surface area contributed by atoms with Gasteiger partial charge in [-0.3, -0.25) is 0 Å². The van der Waals surface area contributed by atoms with Crippen LogP contribution >= 0.6 is 0 Å². The van der Waals surface area contributed by atoms with Crippen molar-refractivity contribution in [3.05, 3.63) is 178 Å². The van der Waals surface area contributed by atoms with Gasteiger partial charge in [-0.1, -0.05) is 144 Å². The quantitative estimate of drug-likeness (QED) is 0.146. The Labute approximate surface area is 274 Å². The number of rotatable bonds is 3. The van der Waals surface area contributed by atoms with Crippen LogP contribution in [0, 0.1) is 40.0 Å². The van der Waals surface area contributed by atoms with E-state index in [9.17, 15) is 0 Å². The van der Waals surface area contributed by atoms with Crippen molar-refractivity contribution in [1.29, 1.82) is 0 Å². The first-order valence-corrected chi connectivity index (χ1v) is 16.1. The maximum Gasteiger partial charge on any atom is 0.329 e. The molecule has 6 aromatic carbocycles. The van der Waals surface area contributed by atoms with Crippen LogP contribution in [0.3, 0.4) is 0 Å². The van der Waals surface area contributed by atoms with Crippen LogP contribution in [0.1, 0.15) is 51.4 Å². The smallest absolute Gasteiger partial charge is 0.329 e. The zero-order valence-corrected chi connectivity index (χ0v) is 27.3. The summed E-state index contributed by atoms with van der Waals surface area (Å²) in [5.41, 5.74) is 18.3. The van der Waals surface area contributed by atoms with E-state index >= 15 is 0 Å². The average Bonchev–Trinajstić information content (AvgIpc) is 3.36. The Hall–Kier alpha value is -5.26. The number of hydrogen-bond acceptors (Lipinski definition) is 1. The van der Waals surface area contributed by atoms with Gasteiger partial charge in [0.1, 0.15) is 0 Å². The molecule has 6 aromatic rings. The summed E-state index contributed by atoms with van der Waals surface area (Å²) in [6.07, 6.45) is 4.60. The topological polar surface area (TPSA) is 3.24 Å². The summed E-state index contributed by atoms with van der Waals surface area (Å²) in [5.74, 6) is 2.25. The molecule has 0 unspecified atom stereocenters. The minimum atomic E-state index is -0.400. The van der Waals surface area contributed by atoms with Gasteiger partial charge in [-0.25, -0.2) is 0 Å². The van der Waals surface area contributed by atoms with Crippen molar-refractivity contribution in [3.63, 3.8) is 0 Å². The molecule has 1 nitrogen and oxygen atoms in total. The second-order valence-electron chi connectivity index (χ2n) is 12.5. The van der Waals surface area contributed by atoms with Crippen molar-refractivity contribution in [2.24, 2.45) is 0 Å². The first-order chi connectivity index (χ1) is 22.4. The summed E-state index contributed by atoms with van der Waals surface area (Å²) in [7, 11) is 0. The SMILES string of the molecule is C#CC.Cc1cccc(C)c1B(c1c(C)cccc1C)N1c2ccccc2C2(c3ccccc3-c3ccccc32)c2ccccc21. The minimum Gasteiger partial charge on any atom is -0.376 e. The van der Waals surface area contributed by atoms with Crippen LogP contribution in [-0.2, 0) is 5.41 Å². The van der Waals surface area contributed by atoms with Gasteiger partial charge in [-0.15, -0.1) is 12.3 Å². The molecule has 0 amide bonds. The summed E-state index contributed by atoms with van der Waals surface area (Å²) >= 11 is 0. The fraction of sp³-hybridized carbons (Fsp3) is 0.136. The third-order valence-electron chi connectivity index (χ3n) is 9.98. The molecule has 46 heavy (non-hydrogen) atoms. The van der Waals surface area contributed by atoms with Crippen LogP contribution in [0.25, 0.3) is 11.1 Å². The van der Waals surface area contributed by atoms with E-state index in [1.807, 2.05) is 0 Å². The Morgan fingerprint density at radius 2 is 0.804 bits per heavy atom. The molecule has 1 aliphatic heterocycles.